The second-order valence-corrected chi connectivity index (χ2v) is 4.76. The molecule has 1 aromatic heterocycles. The van der Waals surface area contributed by atoms with Crippen LogP contribution in [-0.4, -0.2) is 36.2 Å². The summed E-state index contributed by atoms with van der Waals surface area (Å²) in [6.45, 7) is 3.60. The molecule has 0 radical (unpaired) electrons. The van der Waals surface area contributed by atoms with E-state index in [9.17, 15) is 0 Å². The van der Waals surface area contributed by atoms with Gasteiger partial charge in [-0.2, -0.15) is 0 Å². The van der Waals surface area contributed by atoms with Crippen LogP contribution in [0.15, 0.2) is 5.38 Å². The predicted molar refractivity (Wildman–Crippen MR) is 60.7 cm³/mol. The first-order valence-electron chi connectivity index (χ1n) is 5.20. The topological polar surface area (TPSA) is 51.4 Å². The lowest BCUT2D eigenvalue weighted by Crippen LogP contribution is -2.22. The molecule has 0 amide bonds. The molecule has 1 aliphatic heterocycles. The summed E-state index contributed by atoms with van der Waals surface area (Å²) < 4.78 is 5.33. The van der Waals surface area contributed by atoms with Gasteiger partial charge in [-0.1, -0.05) is 0 Å². The van der Waals surface area contributed by atoms with Crippen molar-refractivity contribution in [2.75, 3.05) is 20.2 Å². The number of aromatic nitrogens is 1. The number of rotatable bonds is 4. The van der Waals surface area contributed by atoms with Crippen LogP contribution in [0.2, 0.25) is 0 Å². The first kappa shape index (κ1) is 11.0. The van der Waals surface area contributed by atoms with E-state index in [0.717, 1.165) is 36.8 Å². The monoisotopic (exact) mass is 227 g/mol. The van der Waals surface area contributed by atoms with Gasteiger partial charge in [0.2, 0.25) is 0 Å². The van der Waals surface area contributed by atoms with Crippen molar-refractivity contribution < 1.29 is 4.74 Å². The molecule has 5 heteroatoms. The summed E-state index contributed by atoms with van der Waals surface area (Å²) in [5.74, 6) is 0. The Kier molecular flexibility index (Phi) is 3.69. The van der Waals surface area contributed by atoms with Crippen molar-refractivity contribution >= 4 is 11.3 Å². The van der Waals surface area contributed by atoms with Crippen molar-refractivity contribution in [3.05, 3.63) is 16.1 Å². The number of methoxy groups -OCH3 is 1. The van der Waals surface area contributed by atoms with Gasteiger partial charge in [0, 0.05) is 38.7 Å². The fourth-order valence-corrected chi connectivity index (χ4v) is 2.54. The van der Waals surface area contributed by atoms with Crippen molar-refractivity contribution in [3.63, 3.8) is 0 Å². The maximum atomic E-state index is 5.53. The Hall–Kier alpha value is -0.490. The molecule has 1 fully saturated rings. The van der Waals surface area contributed by atoms with Gasteiger partial charge >= 0.3 is 0 Å². The van der Waals surface area contributed by atoms with Crippen molar-refractivity contribution in [3.8, 4) is 0 Å². The molecular weight excluding hydrogens is 210 g/mol. The van der Waals surface area contributed by atoms with Crippen LogP contribution in [0, 0.1) is 0 Å². The van der Waals surface area contributed by atoms with E-state index in [2.05, 4.69) is 15.3 Å². The first-order chi connectivity index (χ1) is 7.31. The molecule has 2 rings (SSSR count). The average molecular weight is 227 g/mol. The van der Waals surface area contributed by atoms with Crippen LogP contribution in [0.3, 0.4) is 0 Å². The van der Waals surface area contributed by atoms with Crippen molar-refractivity contribution in [1.82, 2.24) is 9.88 Å². The molecule has 0 aromatic carbocycles. The van der Waals surface area contributed by atoms with Crippen molar-refractivity contribution in [2.45, 2.75) is 25.6 Å². The van der Waals surface area contributed by atoms with Crippen molar-refractivity contribution in [2.24, 2.45) is 5.73 Å². The van der Waals surface area contributed by atoms with Gasteiger partial charge in [0.25, 0.3) is 0 Å². The Balaban J connectivity index is 1.87. The van der Waals surface area contributed by atoms with Gasteiger partial charge in [-0.05, 0) is 6.42 Å². The minimum Gasteiger partial charge on any atom is -0.380 e. The van der Waals surface area contributed by atoms with E-state index >= 15 is 0 Å². The third kappa shape index (κ3) is 2.75. The van der Waals surface area contributed by atoms with Crippen LogP contribution in [0.1, 0.15) is 17.1 Å². The van der Waals surface area contributed by atoms with E-state index in [4.69, 9.17) is 10.5 Å². The molecule has 1 aliphatic rings. The minimum absolute atomic E-state index is 0.401. The highest BCUT2D eigenvalue weighted by Gasteiger charge is 2.22. The fraction of sp³-hybridized carbons (Fsp3) is 0.700. The highest BCUT2D eigenvalue weighted by Crippen LogP contribution is 2.16. The lowest BCUT2D eigenvalue weighted by molar-refractivity contribution is 0.107. The molecule has 1 unspecified atom stereocenters. The van der Waals surface area contributed by atoms with Crippen LogP contribution >= 0.6 is 11.3 Å². The third-order valence-corrected chi connectivity index (χ3v) is 3.64. The molecule has 4 nitrogen and oxygen atoms in total. The van der Waals surface area contributed by atoms with Crippen LogP contribution in [0.5, 0.6) is 0 Å². The van der Waals surface area contributed by atoms with Gasteiger partial charge in [-0.25, -0.2) is 4.98 Å². The quantitative estimate of drug-likeness (QED) is 0.827. The van der Waals surface area contributed by atoms with E-state index in [0.29, 0.717) is 12.6 Å². The normalized spacial score (nSPS) is 22.4. The second-order valence-electron chi connectivity index (χ2n) is 3.82. The average Bonchev–Trinajstić information content (AvgIpc) is 2.87. The lowest BCUT2D eigenvalue weighted by atomic mass is 10.3. The number of nitrogens with zero attached hydrogens (tertiary/aromatic N) is 2. The number of hydrogen-bond acceptors (Lipinski definition) is 5. The number of likely N-dealkylation sites (tertiary alicyclic amines) is 1. The molecule has 0 bridgehead atoms. The van der Waals surface area contributed by atoms with E-state index in [-0.39, 0.29) is 0 Å². The van der Waals surface area contributed by atoms with Crippen LogP contribution in [0.4, 0.5) is 0 Å². The maximum absolute atomic E-state index is 5.53. The van der Waals surface area contributed by atoms with E-state index in [1.54, 1.807) is 18.4 Å². The second kappa shape index (κ2) is 5.03. The van der Waals surface area contributed by atoms with Gasteiger partial charge in [-0.15, -0.1) is 11.3 Å². The van der Waals surface area contributed by atoms with Gasteiger partial charge in [0.15, 0.2) is 0 Å². The summed E-state index contributed by atoms with van der Waals surface area (Å²) in [5.41, 5.74) is 6.67. The standard InChI is InChI=1S/C10H17N3OS/c1-14-9-2-3-13(6-9)5-8-7-15-10(4-11)12-8/h7,9H,2-6,11H2,1H3. The minimum atomic E-state index is 0.401. The van der Waals surface area contributed by atoms with Crippen LogP contribution < -0.4 is 5.73 Å². The van der Waals surface area contributed by atoms with E-state index < -0.39 is 0 Å². The molecule has 2 N–H and O–H groups in total. The number of nitrogens with two attached hydrogens (primary N) is 1. The van der Waals surface area contributed by atoms with Crippen LogP contribution in [-0.2, 0) is 17.8 Å². The molecule has 1 aromatic rings. The highest BCUT2D eigenvalue weighted by molar-refractivity contribution is 7.09. The summed E-state index contributed by atoms with van der Waals surface area (Å²) in [4.78, 5) is 6.83. The summed E-state index contributed by atoms with van der Waals surface area (Å²) >= 11 is 1.65. The summed E-state index contributed by atoms with van der Waals surface area (Å²) in [7, 11) is 1.78. The van der Waals surface area contributed by atoms with Crippen LogP contribution in [0.25, 0.3) is 0 Å². The molecule has 2 heterocycles. The van der Waals surface area contributed by atoms with Gasteiger partial charge in [0.05, 0.1) is 11.8 Å². The lowest BCUT2D eigenvalue weighted by Gasteiger charge is -2.13. The Morgan fingerprint density at radius 1 is 1.73 bits per heavy atom. The Labute approximate surface area is 94.1 Å². The predicted octanol–water partition coefficient (Wildman–Crippen LogP) is 0.823. The first-order valence-corrected chi connectivity index (χ1v) is 6.08. The smallest absolute Gasteiger partial charge is 0.106 e. The fourth-order valence-electron chi connectivity index (χ4n) is 1.88. The van der Waals surface area contributed by atoms with Gasteiger partial charge in [-0.3, -0.25) is 4.90 Å². The Morgan fingerprint density at radius 3 is 3.20 bits per heavy atom. The van der Waals surface area contributed by atoms with Crippen molar-refractivity contribution in [1.29, 1.82) is 0 Å². The molecule has 0 spiro atoms. The molecule has 0 saturated carbocycles. The van der Waals surface area contributed by atoms with Gasteiger partial charge in [0.1, 0.15) is 5.01 Å². The zero-order valence-corrected chi connectivity index (χ0v) is 9.80. The molecule has 15 heavy (non-hydrogen) atoms. The highest BCUT2D eigenvalue weighted by atomic mass is 32.1. The number of thiazole rings is 1. The summed E-state index contributed by atoms with van der Waals surface area (Å²) in [5, 5.41) is 3.12. The summed E-state index contributed by atoms with van der Waals surface area (Å²) in [6, 6.07) is 0. The Bertz CT molecular complexity index is 315. The number of hydrogen-bond donors (Lipinski definition) is 1. The molecular formula is C10H17N3OS. The van der Waals surface area contributed by atoms with E-state index in [1.165, 1.54) is 0 Å². The third-order valence-electron chi connectivity index (χ3n) is 2.72. The largest absolute Gasteiger partial charge is 0.380 e. The van der Waals surface area contributed by atoms with Gasteiger partial charge < -0.3 is 10.5 Å². The zero-order valence-electron chi connectivity index (χ0n) is 8.98. The zero-order chi connectivity index (χ0) is 10.7. The molecule has 1 saturated heterocycles. The number of ether oxygens (including phenoxy) is 1. The Morgan fingerprint density at radius 2 is 2.60 bits per heavy atom. The maximum Gasteiger partial charge on any atom is 0.106 e. The summed E-state index contributed by atoms with van der Waals surface area (Å²) in [6.07, 6.45) is 1.53. The van der Waals surface area contributed by atoms with E-state index in [1.807, 2.05) is 0 Å². The SMILES string of the molecule is COC1CCN(Cc2csc(CN)n2)C1. The molecule has 0 aliphatic carbocycles. The molecule has 1 atom stereocenters. The molecule has 84 valence electrons.